The highest BCUT2D eigenvalue weighted by molar-refractivity contribution is 5.95. The molecule has 1 saturated carbocycles. The normalized spacial score (nSPS) is 23.1. The van der Waals surface area contributed by atoms with E-state index in [1.165, 1.54) is 17.0 Å². The Morgan fingerprint density at radius 1 is 0.974 bits per heavy atom. The van der Waals surface area contributed by atoms with Crippen molar-refractivity contribution < 1.29 is 23.1 Å². The van der Waals surface area contributed by atoms with E-state index in [0.29, 0.717) is 44.5 Å². The van der Waals surface area contributed by atoms with Crippen molar-refractivity contribution in [3.05, 3.63) is 41.6 Å². The Bertz CT molecular complexity index is 1340. The Morgan fingerprint density at radius 3 is 2.36 bits per heavy atom. The molecule has 2 amide bonds. The smallest absolute Gasteiger partial charge is 0.409 e. The van der Waals surface area contributed by atoms with Gasteiger partial charge in [0, 0.05) is 56.3 Å². The van der Waals surface area contributed by atoms with Crippen molar-refractivity contribution in [2.45, 2.75) is 51.1 Å². The Hall–Kier alpha value is -3.43. The number of halogens is 2. The average molecular weight is 538 g/mol. The van der Waals surface area contributed by atoms with Gasteiger partial charge in [-0.25, -0.2) is 13.6 Å². The van der Waals surface area contributed by atoms with Crippen LogP contribution in [-0.4, -0.2) is 84.7 Å². The number of anilines is 2. The van der Waals surface area contributed by atoms with Crippen LogP contribution < -0.4 is 9.80 Å². The van der Waals surface area contributed by atoms with Gasteiger partial charge in [-0.1, -0.05) is 6.92 Å². The number of likely N-dealkylation sites (tertiary alicyclic amines) is 2. The van der Waals surface area contributed by atoms with Crippen molar-refractivity contribution >= 4 is 23.4 Å². The number of ether oxygens (including phenoxy) is 1. The molecule has 5 aliphatic rings. The molecule has 39 heavy (non-hydrogen) atoms. The lowest BCUT2D eigenvalue weighted by atomic mass is 10.0. The van der Waals surface area contributed by atoms with E-state index < -0.39 is 17.5 Å². The van der Waals surface area contributed by atoms with E-state index >= 15 is 4.39 Å². The van der Waals surface area contributed by atoms with Crippen LogP contribution in [0.4, 0.5) is 25.0 Å². The fourth-order valence-electron chi connectivity index (χ4n) is 5.99. The maximum atomic E-state index is 15.2. The standard InChI is InChI=1S/C29H33F2N5O3/c1-29(7-8-29)17-39-28(38)34-11-5-18(6-12-34)35-15-19-16-36(19)23-13-22(32-14-24(23)35)20-3-4-21(26(31)25(20)30)27(37)33-9-2-10-33/h3-4,13-14,18-19H,2,5-12,15-17H2,1H3. The number of hydrogen-bond donors (Lipinski definition) is 0. The molecule has 206 valence electrons. The summed E-state index contributed by atoms with van der Waals surface area (Å²) in [5.74, 6) is -2.63. The topological polar surface area (TPSA) is 69.0 Å². The van der Waals surface area contributed by atoms with Gasteiger partial charge in [0.15, 0.2) is 11.6 Å². The Labute approximate surface area is 226 Å². The molecule has 0 bridgehead atoms. The fraction of sp³-hybridized carbons (Fsp3) is 0.552. The summed E-state index contributed by atoms with van der Waals surface area (Å²) in [6, 6.07) is 5.31. The zero-order valence-electron chi connectivity index (χ0n) is 22.2. The number of pyridine rings is 1. The second-order valence-electron chi connectivity index (χ2n) is 12.0. The molecule has 4 fully saturated rings. The van der Waals surface area contributed by atoms with E-state index in [9.17, 15) is 14.0 Å². The zero-order chi connectivity index (χ0) is 26.9. The predicted molar refractivity (Wildman–Crippen MR) is 142 cm³/mol. The van der Waals surface area contributed by atoms with Crippen molar-refractivity contribution in [1.82, 2.24) is 14.8 Å². The maximum Gasteiger partial charge on any atom is 0.409 e. The van der Waals surface area contributed by atoms with Crippen LogP contribution in [-0.2, 0) is 4.74 Å². The first kappa shape index (κ1) is 24.6. The first-order valence-corrected chi connectivity index (χ1v) is 14.0. The average Bonchev–Trinajstić information content (AvgIpc) is 3.84. The van der Waals surface area contributed by atoms with E-state index in [1.54, 1.807) is 6.20 Å². The zero-order valence-corrected chi connectivity index (χ0v) is 22.2. The minimum Gasteiger partial charge on any atom is -0.449 e. The molecule has 1 aliphatic carbocycles. The Balaban J connectivity index is 1.07. The Kier molecular flexibility index (Phi) is 5.72. The molecule has 1 aromatic carbocycles. The third kappa shape index (κ3) is 4.37. The molecule has 1 unspecified atom stereocenters. The van der Waals surface area contributed by atoms with Gasteiger partial charge in [0.1, 0.15) is 0 Å². The van der Waals surface area contributed by atoms with Crippen LogP contribution in [0.1, 0.15) is 49.4 Å². The highest BCUT2D eigenvalue weighted by Gasteiger charge is 2.45. The van der Waals surface area contributed by atoms with Gasteiger partial charge < -0.3 is 24.3 Å². The van der Waals surface area contributed by atoms with Gasteiger partial charge in [-0.2, -0.15) is 0 Å². The molecule has 0 N–H and O–H groups in total. The molecule has 0 spiro atoms. The largest absolute Gasteiger partial charge is 0.449 e. The van der Waals surface area contributed by atoms with Crippen molar-refractivity contribution in [2.24, 2.45) is 5.41 Å². The van der Waals surface area contributed by atoms with Crippen LogP contribution in [0.25, 0.3) is 11.3 Å². The van der Waals surface area contributed by atoms with Crippen LogP contribution in [0.5, 0.6) is 0 Å². The first-order chi connectivity index (χ1) is 18.8. The van der Waals surface area contributed by atoms with Gasteiger partial charge in [0.2, 0.25) is 0 Å². The lowest BCUT2D eigenvalue weighted by Gasteiger charge is -2.42. The van der Waals surface area contributed by atoms with Crippen LogP contribution in [0, 0.1) is 17.0 Å². The van der Waals surface area contributed by atoms with Crippen molar-refractivity contribution in [1.29, 1.82) is 0 Å². The van der Waals surface area contributed by atoms with Crippen molar-refractivity contribution in [2.75, 3.05) is 55.7 Å². The number of fused-ring (bicyclic) bond motifs is 3. The minimum atomic E-state index is -1.12. The SMILES string of the molecule is CC1(COC(=O)N2CCC(N3CC4CN4c4cc(-c5ccc(C(=O)N6CCC6)c(F)c5F)ncc43)CC2)CC1. The maximum absolute atomic E-state index is 15.2. The van der Waals surface area contributed by atoms with Gasteiger partial charge >= 0.3 is 6.09 Å². The summed E-state index contributed by atoms with van der Waals surface area (Å²) >= 11 is 0. The molecule has 1 atom stereocenters. The van der Waals surface area contributed by atoms with Crippen molar-refractivity contribution in [3.63, 3.8) is 0 Å². The summed E-state index contributed by atoms with van der Waals surface area (Å²) in [4.78, 5) is 37.5. The molecule has 8 nitrogen and oxygen atoms in total. The molecule has 10 heteroatoms. The lowest BCUT2D eigenvalue weighted by Crippen LogP contribution is -2.49. The highest BCUT2D eigenvalue weighted by atomic mass is 19.2. The van der Waals surface area contributed by atoms with Crippen LogP contribution in [0.15, 0.2) is 24.4 Å². The third-order valence-electron chi connectivity index (χ3n) is 9.15. The van der Waals surface area contributed by atoms with E-state index in [0.717, 1.165) is 56.6 Å². The van der Waals surface area contributed by atoms with E-state index in [2.05, 4.69) is 21.7 Å². The van der Waals surface area contributed by atoms with Crippen molar-refractivity contribution in [3.8, 4) is 11.3 Å². The summed E-state index contributed by atoms with van der Waals surface area (Å²) in [6.45, 7) is 6.90. The summed E-state index contributed by atoms with van der Waals surface area (Å²) in [6.07, 6.45) is 6.34. The van der Waals surface area contributed by atoms with Crippen LogP contribution in [0.3, 0.4) is 0 Å². The molecular formula is C29H33F2N5O3. The van der Waals surface area contributed by atoms with E-state index in [1.807, 2.05) is 11.0 Å². The molecular weight excluding hydrogens is 504 g/mol. The number of benzene rings is 1. The van der Waals surface area contributed by atoms with Crippen LogP contribution >= 0.6 is 0 Å². The number of carbonyl (C=O) groups is 2. The number of rotatable bonds is 5. The first-order valence-electron chi connectivity index (χ1n) is 14.0. The molecule has 7 rings (SSSR count). The molecule has 5 heterocycles. The minimum absolute atomic E-state index is 0.0536. The van der Waals surface area contributed by atoms with E-state index in [-0.39, 0.29) is 28.7 Å². The van der Waals surface area contributed by atoms with Gasteiger partial charge in [0.05, 0.1) is 41.5 Å². The Morgan fingerprint density at radius 2 is 1.69 bits per heavy atom. The number of carbonyl (C=O) groups excluding carboxylic acids is 2. The van der Waals surface area contributed by atoms with E-state index in [4.69, 9.17) is 4.74 Å². The number of aromatic nitrogens is 1. The lowest BCUT2D eigenvalue weighted by molar-refractivity contribution is 0.0645. The summed E-state index contributed by atoms with van der Waals surface area (Å²) in [5, 5.41) is 0. The summed E-state index contributed by atoms with van der Waals surface area (Å²) < 4.78 is 35.7. The number of amides is 2. The van der Waals surface area contributed by atoms with Gasteiger partial charge in [-0.15, -0.1) is 0 Å². The molecule has 1 aromatic heterocycles. The molecule has 2 aromatic rings. The monoisotopic (exact) mass is 537 g/mol. The quantitative estimate of drug-likeness (QED) is 0.531. The van der Waals surface area contributed by atoms with Gasteiger partial charge in [-0.05, 0) is 50.3 Å². The number of nitrogens with zero attached hydrogens (tertiary/aromatic N) is 5. The molecule has 0 radical (unpaired) electrons. The number of hydrogen-bond acceptors (Lipinski definition) is 6. The molecule has 3 saturated heterocycles. The second kappa shape index (κ2) is 9.06. The number of piperidine rings is 1. The van der Waals surface area contributed by atoms with Crippen LogP contribution in [0.2, 0.25) is 0 Å². The van der Waals surface area contributed by atoms with Gasteiger partial charge in [-0.3, -0.25) is 9.78 Å². The highest BCUT2D eigenvalue weighted by Crippen LogP contribution is 2.46. The molecule has 4 aliphatic heterocycles. The third-order valence-corrected chi connectivity index (χ3v) is 9.15. The second-order valence-corrected chi connectivity index (χ2v) is 12.0. The fourth-order valence-corrected chi connectivity index (χ4v) is 5.99. The predicted octanol–water partition coefficient (Wildman–Crippen LogP) is 4.28. The summed E-state index contributed by atoms with van der Waals surface area (Å²) in [7, 11) is 0. The summed E-state index contributed by atoms with van der Waals surface area (Å²) in [5.41, 5.74) is 2.30. The van der Waals surface area contributed by atoms with Gasteiger partial charge in [0.25, 0.3) is 5.91 Å².